The highest BCUT2D eigenvalue weighted by Gasteiger charge is 2.34. The standard InChI is InChI=1S/C19H24N2O5/c1-20(13-14-6-3-2-4-7-14)17(23)9-10-18(24)21-11-5-8-15(21)16(22)12-19(25)26/h2-4,6-7,15H,5,8-13H2,1H3,(H,25,26)/t15-/m0/s1. The summed E-state index contributed by atoms with van der Waals surface area (Å²) in [5.41, 5.74) is 1.01. The van der Waals surface area contributed by atoms with Gasteiger partial charge in [0.2, 0.25) is 11.8 Å². The number of carbonyl (C=O) groups excluding carboxylic acids is 3. The molecule has 0 spiro atoms. The lowest BCUT2D eigenvalue weighted by molar-refractivity contribution is -0.144. The van der Waals surface area contributed by atoms with Crippen molar-refractivity contribution in [1.29, 1.82) is 0 Å². The van der Waals surface area contributed by atoms with Crippen LogP contribution in [0.3, 0.4) is 0 Å². The van der Waals surface area contributed by atoms with E-state index in [2.05, 4.69) is 0 Å². The number of Topliss-reactive ketones (excluding diaryl/α,β-unsaturated/α-hetero) is 1. The van der Waals surface area contributed by atoms with Crippen LogP contribution in [-0.2, 0) is 25.7 Å². The predicted octanol–water partition coefficient (Wildman–Crippen LogP) is 1.46. The number of hydrogen-bond donors (Lipinski definition) is 1. The van der Waals surface area contributed by atoms with Gasteiger partial charge in [0.1, 0.15) is 6.42 Å². The summed E-state index contributed by atoms with van der Waals surface area (Å²) in [6.07, 6.45) is 0.670. The van der Waals surface area contributed by atoms with E-state index in [9.17, 15) is 19.2 Å². The molecule has 0 unspecified atom stereocenters. The zero-order valence-corrected chi connectivity index (χ0v) is 14.9. The summed E-state index contributed by atoms with van der Waals surface area (Å²) in [5.74, 6) is -2.05. The molecule has 1 saturated heterocycles. The fourth-order valence-electron chi connectivity index (χ4n) is 3.16. The molecule has 0 bridgehead atoms. The Morgan fingerprint density at radius 1 is 1.15 bits per heavy atom. The molecule has 140 valence electrons. The van der Waals surface area contributed by atoms with Crippen molar-refractivity contribution in [2.45, 2.75) is 44.7 Å². The maximum absolute atomic E-state index is 12.4. The van der Waals surface area contributed by atoms with Gasteiger partial charge < -0.3 is 14.9 Å². The van der Waals surface area contributed by atoms with Crippen LogP contribution in [0.4, 0.5) is 0 Å². The maximum Gasteiger partial charge on any atom is 0.310 e. The third-order valence-corrected chi connectivity index (χ3v) is 4.51. The number of amides is 2. The summed E-state index contributed by atoms with van der Waals surface area (Å²) in [4.78, 5) is 50.3. The van der Waals surface area contributed by atoms with E-state index in [0.29, 0.717) is 25.9 Å². The van der Waals surface area contributed by atoms with E-state index in [1.807, 2.05) is 30.3 Å². The number of ketones is 1. The topological polar surface area (TPSA) is 95.0 Å². The van der Waals surface area contributed by atoms with E-state index in [1.54, 1.807) is 11.9 Å². The van der Waals surface area contributed by atoms with E-state index < -0.39 is 24.2 Å². The minimum atomic E-state index is -1.19. The molecule has 1 aromatic rings. The monoisotopic (exact) mass is 360 g/mol. The second kappa shape index (κ2) is 9.12. The van der Waals surface area contributed by atoms with Gasteiger partial charge in [-0.15, -0.1) is 0 Å². The van der Waals surface area contributed by atoms with E-state index in [-0.39, 0.29) is 24.7 Å². The van der Waals surface area contributed by atoms with Crippen LogP contribution >= 0.6 is 0 Å². The Morgan fingerprint density at radius 3 is 2.50 bits per heavy atom. The molecule has 1 atom stereocenters. The summed E-state index contributed by atoms with van der Waals surface area (Å²) >= 11 is 0. The van der Waals surface area contributed by atoms with Crippen molar-refractivity contribution in [3.05, 3.63) is 35.9 Å². The van der Waals surface area contributed by atoms with Gasteiger partial charge in [-0.1, -0.05) is 30.3 Å². The second-order valence-electron chi connectivity index (χ2n) is 6.52. The van der Waals surface area contributed by atoms with Crippen molar-refractivity contribution in [3.63, 3.8) is 0 Å². The van der Waals surface area contributed by atoms with Crippen LogP contribution in [0, 0.1) is 0 Å². The average Bonchev–Trinajstić information content (AvgIpc) is 3.09. The van der Waals surface area contributed by atoms with Gasteiger partial charge in [0.05, 0.1) is 6.04 Å². The first kappa shape index (κ1) is 19.6. The molecule has 0 saturated carbocycles. The van der Waals surface area contributed by atoms with Crippen LogP contribution < -0.4 is 0 Å². The fourth-order valence-corrected chi connectivity index (χ4v) is 3.16. The summed E-state index contributed by atoms with van der Waals surface area (Å²) in [6.45, 7) is 0.903. The van der Waals surface area contributed by atoms with Gasteiger partial charge in [-0.25, -0.2) is 0 Å². The lowest BCUT2D eigenvalue weighted by Crippen LogP contribution is -2.41. The van der Waals surface area contributed by atoms with Crippen LogP contribution in [0.25, 0.3) is 0 Å². The molecular formula is C19H24N2O5. The largest absolute Gasteiger partial charge is 0.481 e. The Hall–Kier alpha value is -2.70. The molecule has 26 heavy (non-hydrogen) atoms. The Morgan fingerprint density at radius 2 is 1.85 bits per heavy atom. The molecule has 0 radical (unpaired) electrons. The summed E-state index contributed by atoms with van der Waals surface area (Å²) < 4.78 is 0. The van der Waals surface area contributed by atoms with Crippen molar-refractivity contribution < 1.29 is 24.3 Å². The molecule has 2 rings (SSSR count). The molecule has 1 heterocycles. The van der Waals surface area contributed by atoms with Crippen LogP contribution in [0.15, 0.2) is 30.3 Å². The Kier molecular flexibility index (Phi) is 6.89. The number of likely N-dealkylation sites (tertiary alicyclic amines) is 1. The summed E-state index contributed by atoms with van der Waals surface area (Å²) in [5, 5.41) is 8.75. The first-order chi connectivity index (χ1) is 12.4. The first-order valence-electron chi connectivity index (χ1n) is 8.70. The molecule has 2 amide bonds. The summed E-state index contributed by atoms with van der Waals surface area (Å²) in [6, 6.07) is 8.89. The lowest BCUT2D eigenvalue weighted by Gasteiger charge is -2.24. The molecule has 0 aliphatic carbocycles. The molecule has 1 fully saturated rings. The van der Waals surface area contributed by atoms with Crippen molar-refractivity contribution in [2.24, 2.45) is 0 Å². The molecule has 7 nitrogen and oxygen atoms in total. The van der Waals surface area contributed by atoms with Crippen molar-refractivity contribution in [2.75, 3.05) is 13.6 Å². The Balaban J connectivity index is 1.84. The van der Waals surface area contributed by atoms with Crippen LogP contribution in [-0.4, -0.2) is 58.1 Å². The number of rotatable bonds is 8. The second-order valence-corrected chi connectivity index (χ2v) is 6.52. The van der Waals surface area contributed by atoms with E-state index in [4.69, 9.17) is 5.11 Å². The average molecular weight is 360 g/mol. The zero-order valence-electron chi connectivity index (χ0n) is 14.9. The lowest BCUT2D eigenvalue weighted by atomic mass is 10.1. The number of carbonyl (C=O) groups is 4. The zero-order chi connectivity index (χ0) is 19.1. The van der Waals surface area contributed by atoms with Gasteiger partial charge in [-0.3, -0.25) is 19.2 Å². The van der Waals surface area contributed by atoms with E-state index >= 15 is 0 Å². The SMILES string of the molecule is CN(Cc1ccccc1)C(=O)CCC(=O)N1CCC[C@H]1C(=O)CC(=O)O. The summed E-state index contributed by atoms with van der Waals surface area (Å²) in [7, 11) is 1.69. The van der Waals surface area contributed by atoms with Crippen molar-refractivity contribution >= 4 is 23.6 Å². The fraction of sp³-hybridized carbons (Fsp3) is 0.474. The van der Waals surface area contributed by atoms with E-state index in [1.165, 1.54) is 4.90 Å². The maximum atomic E-state index is 12.4. The van der Waals surface area contributed by atoms with Crippen LogP contribution in [0.1, 0.15) is 37.7 Å². The van der Waals surface area contributed by atoms with Crippen LogP contribution in [0.2, 0.25) is 0 Å². The van der Waals surface area contributed by atoms with Gasteiger partial charge >= 0.3 is 5.97 Å². The van der Waals surface area contributed by atoms with Gasteiger partial charge in [-0.2, -0.15) is 0 Å². The van der Waals surface area contributed by atoms with Crippen molar-refractivity contribution in [3.8, 4) is 0 Å². The molecule has 1 N–H and O–H groups in total. The smallest absolute Gasteiger partial charge is 0.310 e. The molecule has 1 aliphatic rings. The highest BCUT2D eigenvalue weighted by Crippen LogP contribution is 2.21. The Labute approximate surface area is 152 Å². The minimum absolute atomic E-state index is 0.0226. The number of aliphatic carboxylic acids is 1. The molecular weight excluding hydrogens is 336 g/mol. The predicted molar refractivity (Wildman–Crippen MR) is 94.1 cm³/mol. The molecule has 7 heteroatoms. The van der Waals surface area contributed by atoms with Gasteiger partial charge in [0.25, 0.3) is 0 Å². The van der Waals surface area contributed by atoms with E-state index in [0.717, 1.165) is 5.56 Å². The van der Waals surface area contributed by atoms with Crippen LogP contribution in [0.5, 0.6) is 0 Å². The minimum Gasteiger partial charge on any atom is -0.481 e. The number of carboxylic acids is 1. The Bertz CT molecular complexity index is 674. The van der Waals surface area contributed by atoms with Gasteiger partial charge in [0, 0.05) is 33.0 Å². The first-order valence-corrected chi connectivity index (χ1v) is 8.70. The number of hydrogen-bond acceptors (Lipinski definition) is 4. The highest BCUT2D eigenvalue weighted by molar-refractivity contribution is 5.99. The quantitative estimate of drug-likeness (QED) is 0.708. The molecule has 1 aliphatic heterocycles. The normalized spacial score (nSPS) is 16.3. The van der Waals surface area contributed by atoms with Gasteiger partial charge in [0.15, 0.2) is 5.78 Å². The highest BCUT2D eigenvalue weighted by atomic mass is 16.4. The molecule has 0 aromatic heterocycles. The third kappa shape index (κ3) is 5.40. The third-order valence-electron chi connectivity index (χ3n) is 4.51. The van der Waals surface area contributed by atoms with Gasteiger partial charge in [-0.05, 0) is 18.4 Å². The number of nitrogens with zero attached hydrogens (tertiary/aromatic N) is 2. The molecule has 1 aromatic carbocycles. The number of benzene rings is 1. The number of carboxylic acid groups (broad SMARTS) is 1. The van der Waals surface area contributed by atoms with Crippen molar-refractivity contribution in [1.82, 2.24) is 9.80 Å².